The molecule has 0 aliphatic rings. The minimum atomic E-state index is -0.517. The van der Waals surface area contributed by atoms with E-state index in [2.05, 4.69) is 22.1 Å². The van der Waals surface area contributed by atoms with Gasteiger partial charge in [0.05, 0.1) is 34.2 Å². The monoisotopic (exact) mass is 594 g/mol. The number of thiophene rings is 1. The van der Waals surface area contributed by atoms with Crippen molar-refractivity contribution in [3.8, 4) is 39.8 Å². The van der Waals surface area contributed by atoms with E-state index in [1.54, 1.807) is 32.4 Å². The number of aromatic nitrogens is 3. The average molecular weight is 595 g/mol. The van der Waals surface area contributed by atoms with Gasteiger partial charge in [0.15, 0.2) is 22.5 Å². The van der Waals surface area contributed by atoms with Crippen LogP contribution in [0.2, 0.25) is 0 Å². The van der Waals surface area contributed by atoms with Gasteiger partial charge in [-0.15, -0.1) is 28.1 Å². The van der Waals surface area contributed by atoms with Gasteiger partial charge in [0.25, 0.3) is 0 Å². The predicted molar refractivity (Wildman–Crippen MR) is 160 cm³/mol. The van der Waals surface area contributed by atoms with Crippen LogP contribution in [0.5, 0.6) is 17.2 Å². The molecule has 10 nitrogen and oxygen atoms in total. The van der Waals surface area contributed by atoms with Crippen LogP contribution in [-0.2, 0) is 16.1 Å². The van der Waals surface area contributed by atoms with Gasteiger partial charge in [0, 0.05) is 22.5 Å². The van der Waals surface area contributed by atoms with Crippen molar-refractivity contribution in [3.63, 3.8) is 0 Å². The highest BCUT2D eigenvalue weighted by atomic mass is 32.2. The Kier molecular flexibility index (Phi) is 9.69. The molecule has 0 saturated heterocycles. The lowest BCUT2D eigenvalue weighted by atomic mass is 10.0. The van der Waals surface area contributed by atoms with E-state index in [0.717, 1.165) is 16.0 Å². The molecule has 4 aromatic rings. The van der Waals surface area contributed by atoms with Crippen LogP contribution in [0, 0.1) is 6.92 Å². The third-order valence-electron chi connectivity index (χ3n) is 6.07. The van der Waals surface area contributed by atoms with Gasteiger partial charge in [0.2, 0.25) is 11.7 Å². The van der Waals surface area contributed by atoms with Crippen LogP contribution in [0.4, 0.5) is 5.00 Å². The molecular formula is C29H30N4O6S2. The summed E-state index contributed by atoms with van der Waals surface area (Å²) < 4.78 is 23.3. The lowest BCUT2D eigenvalue weighted by Crippen LogP contribution is -2.16. The zero-order valence-electron chi connectivity index (χ0n) is 23.3. The molecule has 0 bridgehead atoms. The maximum Gasteiger partial charge on any atom is 0.341 e. The van der Waals surface area contributed by atoms with E-state index >= 15 is 0 Å². The second-order valence-electron chi connectivity index (χ2n) is 8.55. The molecule has 1 amide bonds. The molecule has 41 heavy (non-hydrogen) atoms. The number of aryl methyl sites for hydroxylation is 1. The van der Waals surface area contributed by atoms with Crippen molar-refractivity contribution in [2.24, 2.45) is 0 Å². The number of hydrogen-bond donors (Lipinski definition) is 1. The first-order chi connectivity index (χ1) is 19.9. The third-order valence-corrected chi connectivity index (χ3v) is 8.06. The molecule has 4 rings (SSSR count). The van der Waals surface area contributed by atoms with Gasteiger partial charge in [-0.1, -0.05) is 48.2 Å². The molecular weight excluding hydrogens is 564 g/mol. The minimum absolute atomic E-state index is 0.0305. The number of nitrogens with one attached hydrogen (secondary N) is 1. The van der Waals surface area contributed by atoms with Crippen molar-refractivity contribution < 1.29 is 28.5 Å². The molecule has 0 fully saturated rings. The molecule has 0 spiro atoms. The van der Waals surface area contributed by atoms with Gasteiger partial charge in [-0.2, -0.15) is 0 Å². The summed E-state index contributed by atoms with van der Waals surface area (Å²) in [6.07, 6.45) is 1.72. The number of carbonyl (C=O) groups is 2. The summed E-state index contributed by atoms with van der Waals surface area (Å²) in [5.74, 6) is 1.17. The first-order valence-corrected chi connectivity index (χ1v) is 14.2. The smallest absolute Gasteiger partial charge is 0.341 e. The number of ether oxygens (including phenoxy) is 4. The number of esters is 1. The Morgan fingerprint density at radius 2 is 1.71 bits per heavy atom. The van der Waals surface area contributed by atoms with Crippen LogP contribution in [0.15, 0.2) is 60.3 Å². The largest absolute Gasteiger partial charge is 0.493 e. The molecule has 1 N–H and O–H groups in total. The fraction of sp³-hybridized carbons (Fsp3) is 0.241. The van der Waals surface area contributed by atoms with Gasteiger partial charge in [0.1, 0.15) is 10.6 Å². The van der Waals surface area contributed by atoms with Crippen molar-refractivity contribution in [2.75, 3.05) is 39.5 Å². The van der Waals surface area contributed by atoms with Gasteiger partial charge < -0.3 is 24.3 Å². The molecule has 0 aliphatic carbocycles. The number of thioether (sulfide) groups is 1. The normalized spacial score (nSPS) is 10.7. The summed E-state index contributed by atoms with van der Waals surface area (Å²) in [7, 11) is 5.94. The Bertz CT molecular complexity index is 1540. The molecule has 2 heterocycles. The van der Waals surface area contributed by atoms with Crippen molar-refractivity contribution in [1.82, 2.24) is 14.8 Å². The lowest BCUT2D eigenvalue weighted by molar-refractivity contribution is -0.113. The number of nitrogens with zero attached hydrogens (tertiary/aromatic N) is 3. The Labute approximate surface area is 246 Å². The number of benzene rings is 2. The fourth-order valence-corrected chi connectivity index (χ4v) is 6.12. The van der Waals surface area contributed by atoms with Crippen LogP contribution in [0.1, 0.15) is 15.2 Å². The maximum atomic E-state index is 13.1. The van der Waals surface area contributed by atoms with E-state index in [1.807, 2.05) is 41.8 Å². The van der Waals surface area contributed by atoms with Crippen LogP contribution in [0.25, 0.3) is 22.5 Å². The van der Waals surface area contributed by atoms with E-state index in [-0.39, 0.29) is 11.7 Å². The van der Waals surface area contributed by atoms with Crippen molar-refractivity contribution >= 4 is 40.0 Å². The summed E-state index contributed by atoms with van der Waals surface area (Å²) in [6, 6.07) is 13.1. The summed E-state index contributed by atoms with van der Waals surface area (Å²) in [5, 5.41) is 12.5. The minimum Gasteiger partial charge on any atom is -0.493 e. The maximum absolute atomic E-state index is 13.1. The number of hydrogen-bond acceptors (Lipinski definition) is 10. The summed E-state index contributed by atoms with van der Waals surface area (Å²) in [6.45, 7) is 6.16. The topological polar surface area (TPSA) is 114 Å². The number of allylic oxidation sites excluding steroid dienone is 1. The van der Waals surface area contributed by atoms with Crippen LogP contribution in [0.3, 0.4) is 0 Å². The van der Waals surface area contributed by atoms with Gasteiger partial charge in [-0.05, 0) is 24.6 Å². The van der Waals surface area contributed by atoms with E-state index in [0.29, 0.717) is 50.9 Å². The quantitative estimate of drug-likeness (QED) is 0.125. The number of carbonyl (C=O) groups excluding carboxylic acids is 2. The third kappa shape index (κ3) is 6.23. The van der Waals surface area contributed by atoms with E-state index in [4.69, 9.17) is 18.9 Å². The van der Waals surface area contributed by atoms with Crippen molar-refractivity contribution in [2.45, 2.75) is 18.6 Å². The van der Waals surface area contributed by atoms with Crippen LogP contribution >= 0.6 is 23.1 Å². The molecule has 214 valence electrons. The van der Waals surface area contributed by atoms with Crippen molar-refractivity contribution in [3.05, 3.63) is 65.6 Å². The zero-order valence-corrected chi connectivity index (χ0v) is 25.0. The number of amides is 1. The molecule has 2 aromatic heterocycles. The number of anilines is 1. The number of methoxy groups -OCH3 is 4. The highest BCUT2D eigenvalue weighted by Gasteiger charge is 2.26. The van der Waals surface area contributed by atoms with Crippen molar-refractivity contribution in [1.29, 1.82) is 0 Å². The lowest BCUT2D eigenvalue weighted by Gasteiger charge is -2.14. The highest BCUT2D eigenvalue weighted by Crippen LogP contribution is 2.42. The summed E-state index contributed by atoms with van der Waals surface area (Å²) >= 11 is 2.55. The molecule has 0 radical (unpaired) electrons. The highest BCUT2D eigenvalue weighted by molar-refractivity contribution is 7.99. The number of rotatable bonds is 12. The Morgan fingerprint density at radius 3 is 2.29 bits per heavy atom. The Hall–Kier alpha value is -4.29. The SMILES string of the molecule is C=CCn1c(SCC(=O)Nc2sc(C)c(-c3ccccc3)c2C(=O)OC)nnc1-c1cc(OC)c(OC)c(OC)c1. The standard InChI is InChI=1S/C29H30N4O6S2/c1-7-13-33-26(19-14-20(36-3)25(38-5)21(15-19)37-4)31-32-29(33)40-16-22(34)30-27-24(28(35)39-6)23(17(2)41-27)18-11-9-8-10-12-18/h7-12,14-15H,1,13,16H2,2-6H3,(H,30,34). The van der Waals surface area contributed by atoms with Gasteiger partial charge in [-0.3, -0.25) is 9.36 Å². The van der Waals surface area contributed by atoms with Crippen LogP contribution < -0.4 is 19.5 Å². The average Bonchev–Trinajstić information content (AvgIpc) is 3.55. The summed E-state index contributed by atoms with van der Waals surface area (Å²) in [4.78, 5) is 26.7. The Morgan fingerprint density at radius 1 is 1.02 bits per heavy atom. The second kappa shape index (κ2) is 13.4. The molecule has 0 saturated carbocycles. The van der Waals surface area contributed by atoms with E-state index in [9.17, 15) is 9.59 Å². The first-order valence-electron chi connectivity index (χ1n) is 12.4. The summed E-state index contributed by atoms with van der Waals surface area (Å²) in [5.41, 5.74) is 2.63. The zero-order chi connectivity index (χ0) is 29.5. The van der Waals surface area contributed by atoms with Gasteiger partial charge >= 0.3 is 5.97 Å². The fourth-order valence-electron chi connectivity index (χ4n) is 4.29. The van der Waals surface area contributed by atoms with E-state index < -0.39 is 5.97 Å². The second-order valence-corrected chi connectivity index (χ2v) is 10.7. The van der Waals surface area contributed by atoms with Crippen LogP contribution in [-0.4, -0.2) is 60.8 Å². The molecule has 0 aliphatic heterocycles. The van der Waals surface area contributed by atoms with E-state index in [1.165, 1.54) is 37.3 Å². The molecule has 0 atom stereocenters. The first kappa shape index (κ1) is 29.7. The molecule has 0 unspecified atom stereocenters. The predicted octanol–water partition coefficient (Wildman–Crippen LogP) is 5.71. The Balaban J connectivity index is 1.59. The molecule has 12 heteroatoms. The molecule has 2 aromatic carbocycles. The van der Waals surface area contributed by atoms with Gasteiger partial charge in [-0.25, -0.2) is 4.79 Å².